The SMILES string of the molecule is CCN(CC)c1ccc(CNC(=NC)N(C)Cc2csc(C(C)OC)n2)cc1F. The van der Waals surface area contributed by atoms with Gasteiger partial charge in [0, 0.05) is 46.2 Å². The van der Waals surface area contributed by atoms with Crippen molar-refractivity contribution < 1.29 is 9.13 Å². The second kappa shape index (κ2) is 11.1. The van der Waals surface area contributed by atoms with Crippen molar-refractivity contribution in [3.05, 3.63) is 45.7 Å². The van der Waals surface area contributed by atoms with Crippen molar-refractivity contribution in [2.75, 3.05) is 39.2 Å². The van der Waals surface area contributed by atoms with E-state index in [0.29, 0.717) is 18.8 Å². The number of nitrogens with zero attached hydrogens (tertiary/aromatic N) is 4. The molecule has 0 aliphatic heterocycles. The Bertz CT molecular complexity index is 806. The highest BCUT2D eigenvalue weighted by Crippen LogP contribution is 2.22. The maximum absolute atomic E-state index is 14.5. The summed E-state index contributed by atoms with van der Waals surface area (Å²) in [6.45, 7) is 8.72. The van der Waals surface area contributed by atoms with E-state index in [2.05, 4.69) is 15.3 Å². The highest BCUT2D eigenvalue weighted by atomic mass is 32.1. The predicted octanol–water partition coefficient (Wildman–Crippen LogP) is 4.04. The van der Waals surface area contributed by atoms with Crippen LogP contribution in [0.2, 0.25) is 0 Å². The van der Waals surface area contributed by atoms with Crippen LogP contribution in [0.1, 0.15) is 43.1 Å². The summed E-state index contributed by atoms with van der Waals surface area (Å²) < 4.78 is 19.8. The lowest BCUT2D eigenvalue weighted by Gasteiger charge is -2.23. The zero-order chi connectivity index (χ0) is 21.4. The first kappa shape index (κ1) is 23.1. The van der Waals surface area contributed by atoms with Gasteiger partial charge < -0.3 is 19.9 Å². The maximum Gasteiger partial charge on any atom is 0.194 e. The Kier molecular flexibility index (Phi) is 8.85. The summed E-state index contributed by atoms with van der Waals surface area (Å²) in [6.07, 6.45) is -0.00861. The number of aliphatic imine (C=N–C) groups is 1. The van der Waals surface area contributed by atoms with Gasteiger partial charge in [0.15, 0.2) is 5.96 Å². The molecule has 0 bridgehead atoms. The van der Waals surface area contributed by atoms with E-state index in [1.54, 1.807) is 31.6 Å². The van der Waals surface area contributed by atoms with Crippen LogP contribution in [0.15, 0.2) is 28.6 Å². The number of halogens is 1. The molecule has 1 heterocycles. The average Bonchev–Trinajstić information content (AvgIpc) is 3.18. The first-order chi connectivity index (χ1) is 13.9. The van der Waals surface area contributed by atoms with Crippen LogP contribution in [0.5, 0.6) is 0 Å². The number of benzene rings is 1. The molecule has 0 aliphatic carbocycles. The first-order valence-corrected chi connectivity index (χ1v) is 10.7. The lowest BCUT2D eigenvalue weighted by molar-refractivity contribution is 0.119. The molecule has 0 saturated carbocycles. The number of rotatable bonds is 9. The molecule has 1 N–H and O–H groups in total. The van der Waals surface area contributed by atoms with Gasteiger partial charge >= 0.3 is 0 Å². The Morgan fingerprint density at radius 2 is 2.07 bits per heavy atom. The second-order valence-electron chi connectivity index (χ2n) is 6.77. The molecule has 160 valence electrons. The third-order valence-corrected chi connectivity index (χ3v) is 5.86. The molecule has 0 radical (unpaired) electrons. The van der Waals surface area contributed by atoms with Gasteiger partial charge in [-0.2, -0.15) is 0 Å². The molecule has 8 heteroatoms. The van der Waals surface area contributed by atoms with Gasteiger partial charge in [0.05, 0.1) is 17.9 Å². The Balaban J connectivity index is 1.97. The molecular weight excluding hydrogens is 389 g/mol. The number of ether oxygens (including phenoxy) is 1. The molecule has 1 aromatic heterocycles. The Morgan fingerprint density at radius 3 is 2.66 bits per heavy atom. The first-order valence-electron chi connectivity index (χ1n) is 9.85. The summed E-state index contributed by atoms with van der Waals surface area (Å²) in [4.78, 5) is 13.0. The van der Waals surface area contributed by atoms with Crippen LogP contribution in [0.3, 0.4) is 0 Å². The molecular formula is C21H32FN5OS. The summed E-state index contributed by atoms with van der Waals surface area (Å²) in [5.41, 5.74) is 2.48. The van der Waals surface area contributed by atoms with Crippen molar-refractivity contribution in [1.29, 1.82) is 0 Å². The molecule has 2 rings (SSSR count). The quantitative estimate of drug-likeness (QED) is 0.489. The molecule has 1 aromatic carbocycles. The maximum atomic E-state index is 14.5. The van der Waals surface area contributed by atoms with E-state index >= 15 is 0 Å². The molecule has 6 nitrogen and oxygen atoms in total. The largest absolute Gasteiger partial charge is 0.375 e. The highest BCUT2D eigenvalue weighted by Gasteiger charge is 2.13. The van der Waals surface area contributed by atoms with Crippen molar-refractivity contribution in [1.82, 2.24) is 15.2 Å². The average molecular weight is 422 g/mol. The molecule has 0 spiro atoms. The number of nitrogens with one attached hydrogen (secondary N) is 1. The van der Waals surface area contributed by atoms with Crippen molar-refractivity contribution in [3.63, 3.8) is 0 Å². The summed E-state index contributed by atoms with van der Waals surface area (Å²) in [5.74, 6) is 0.533. The minimum absolute atomic E-state index is 0.00861. The van der Waals surface area contributed by atoms with Crippen LogP contribution in [-0.4, -0.2) is 50.1 Å². The van der Waals surface area contributed by atoms with E-state index in [4.69, 9.17) is 4.74 Å². The fourth-order valence-electron chi connectivity index (χ4n) is 3.05. The van der Waals surface area contributed by atoms with Gasteiger partial charge in [-0.15, -0.1) is 11.3 Å². The standard InChI is InChI=1S/C21H32FN5OS/c1-7-27(8-2)19-10-9-16(11-18(19)22)12-24-21(23-4)26(5)13-17-14-29-20(25-17)15(3)28-6/h9-11,14-15H,7-8,12-13H2,1-6H3,(H,23,24). The van der Waals surface area contributed by atoms with Crippen LogP contribution in [0, 0.1) is 5.82 Å². The molecule has 0 aliphatic rings. The predicted molar refractivity (Wildman–Crippen MR) is 119 cm³/mol. The minimum atomic E-state index is -0.196. The van der Waals surface area contributed by atoms with Gasteiger partial charge in [-0.1, -0.05) is 6.07 Å². The number of thiazole rings is 1. The van der Waals surface area contributed by atoms with E-state index in [0.717, 1.165) is 35.3 Å². The Labute approximate surface area is 177 Å². The molecule has 2 aromatic rings. The van der Waals surface area contributed by atoms with Crippen molar-refractivity contribution in [3.8, 4) is 0 Å². The molecule has 29 heavy (non-hydrogen) atoms. The molecule has 1 atom stereocenters. The van der Waals surface area contributed by atoms with Crippen LogP contribution >= 0.6 is 11.3 Å². The smallest absolute Gasteiger partial charge is 0.194 e. The molecule has 1 unspecified atom stereocenters. The second-order valence-corrected chi connectivity index (χ2v) is 7.66. The van der Waals surface area contributed by atoms with E-state index in [-0.39, 0.29) is 11.9 Å². The topological polar surface area (TPSA) is 53.0 Å². The van der Waals surface area contributed by atoms with Gasteiger partial charge in [0.25, 0.3) is 0 Å². The van der Waals surface area contributed by atoms with Crippen LogP contribution in [0.25, 0.3) is 0 Å². The van der Waals surface area contributed by atoms with Gasteiger partial charge in [-0.05, 0) is 38.5 Å². The van der Waals surface area contributed by atoms with Crippen molar-refractivity contribution in [2.24, 2.45) is 4.99 Å². The molecule has 0 amide bonds. The highest BCUT2D eigenvalue weighted by molar-refractivity contribution is 7.09. The zero-order valence-electron chi connectivity index (χ0n) is 18.2. The minimum Gasteiger partial charge on any atom is -0.375 e. The fourth-order valence-corrected chi connectivity index (χ4v) is 3.89. The normalized spacial score (nSPS) is 12.7. The van der Waals surface area contributed by atoms with Crippen LogP contribution in [-0.2, 0) is 17.8 Å². The van der Waals surface area contributed by atoms with Crippen LogP contribution < -0.4 is 10.2 Å². The number of guanidine groups is 1. The lowest BCUT2D eigenvalue weighted by atomic mass is 10.2. The van der Waals surface area contributed by atoms with Gasteiger partial charge in [0.2, 0.25) is 0 Å². The summed E-state index contributed by atoms with van der Waals surface area (Å²) in [5, 5.41) is 6.30. The van der Waals surface area contributed by atoms with E-state index < -0.39 is 0 Å². The Morgan fingerprint density at radius 1 is 1.34 bits per heavy atom. The summed E-state index contributed by atoms with van der Waals surface area (Å²) in [7, 11) is 5.38. The number of methoxy groups -OCH3 is 1. The fraction of sp³-hybridized carbons (Fsp3) is 0.524. The van der Waals surface area contributed by atoms with E-state index in [1.807, 2.05) is 55.1 Å². The summed E-state index contributed by atoms with van der Waals surface area (Å²) >= 11 is 1.59. The number of hydrogen-bond acceptors (Lipinski definition) is 5. The number of anilines is 1. The van der Waals surface area contributed by atoms with Gasteiger partial charge in [0.1, 0.15) is 16.9 Å². The van der Waals surface area contributed by atoms with E-state index in [1.165, 1.54) is 0 Å². The molecule has 0 fully saturated rings. The third kappa shape index (κ3) is 6.14. The number of hydrogen-bond donors (Lipinski definition) is 1. The van der Waals surface area contributed by atoms with E-state index in [9.17, 15) is 4.39 Å². The lowest BCUT2D eigenvalue weighted by Crippen LogP contribution is -2.38. The Hall–Kier alpha value is -2.19. The zero-order valence-corrected chi connectivity index (χ0v) is 19.0. The molecule has 0 saturated heterocycles. The van der Waals surface area contributed by atoms with Crippen molar-refractivity contribution >= 4 is 23.0 Å². The van der Waals surface area contributed by atoms with Crippen molar-refractivity contribution in [2.45, 2.75) is 40.0 Å². The monoisotopic (exact) mass is 421 g/mol. The number of aromatic nitrogens is 1. The van der Waals surface area contributed by atoms with Crippen LogP contribution in [0.4, 0.5) is 10.1 Å². The third-order valence-electron chi connectivity index (χ3n) is 4.81. The summed E-state index contributed by atoms with van der Waals surface area (Å²) in [6, 6.07) is 5.39. The van der Waals surface area contributed by atoms with Gasteiger partial charge in [-0.3, -0.25) is 4.99 Å². The van der Waals surface area contributed by atoms with Gasteiger partial charge in [-0.25, -0.2) is 9.37 Å².